The zero-order valence-corrected chi connectivity index (χ0v) is 9.16. The van der Waals surface area contributed by atoms with Crippen LogP contribution in [0.25, 0.3) is 0 Å². The lowest BCUT2D eigenvalue weighted by atomic mass is 10.3. The molecule has 0 bridgehead atoms. The predicted octanol–water partition coefficient (Wildman–Crippen LogP) is 0.820. The summed E-state index contributed by atoms with van der Waals surface area (Å²) in [5.74, 6) is -1.60. The normalized spacial score (nSPS) is 12.0. The number of anilines is 1. The number of pyridine rings is 1. The Morgan fingerprint density at radius 3 is 3.00 bits per heavy atom. The maximum absolute atomic E-state index is 13.3. The molecule has 1 rings (SSSR count). The highest BCUT2D eigenvalue weighted by Crippen LogP contribution is 2.16. The fourth-order valence-corrected chi connectivity index (χ4v) is 1.15. The Labute approximate surface area is 96.2 Å². The number of nitrogens with zero attached hydrogens (tertiary/aromatic N) is 1. The molecule has 1 unspecified atom stereocenters. The highest BCUT2D eigenvalue weighted by Gasteiger charge is 2.19. The molecule has 16 heavy (non-hydrogen) atoms. The van der Waals surface area contributed by atoms with Crippen molar-refractivity contribution in [3.63, 3.8) is 0 Å². The fourth-order valence-electron chi connectivity index (χ4n) is 1.01. The molecule has 1 aromatic heterocycles. The largest absolute Gasteiger partial charge is 0.467 e. The molecule has 88 valence electrons. The van der Waals surface area contributed by atoms with Crippen LogP contribution in [0.15, 0.2) is 12.3 Å². The van der Waals surface area contributed by atoms with Gasteiger partial charge in [-0.1, -0.05) is 11.6 Å². The van der Waals surface area contributed by atoms with Crippen LogP contribution >= 0.6 is 11.6 Å². The molecule has 7 heteroatoms. The van der Waals surface area contributed by atoms with Crippen molar-refractivity contribution in [3.8, 4) is 0 Å². The van der Waals surface area contributed by atoms with Crippen LogP contribution in [-0.4, -0.2) is 35.8 Å². The highest BCUT2D eigenvalue weighted by atomic mass is 35.5. The number of carbonyl (C=O) groups excluding carboxylic acids is 1. The molecule has 0 aliphatic carbocycles. The average Bonchev–Trinajstić information content (AvgIpc) is 2.27. The molecule has 0 saturated carbocycles. The van der Waals surface area contributed by atoms with Gasteiger partial charge < -0.3 is 15.2 Å². The van der Waals surface area contributed by atoms with Gasteiger partial charge in [-0.05, 0) is 6.07 Å². The maximum Gasteiger partial charge on any atom is 0.330 e. The smallest absolute Gasteiger partial charge is 0.330 e. The highest BCUT2D eigenvalue weighted by molar-refractivity contribution is 6.30. The molecule has 1 heterocycles. The van der Waals surface area contributed by atoms with E-state index in [1.165, 1.54) is 13.3 Å². The number of esters is 1. The molecule has 0 radical (unpaired) electrons. The number of nitrogens with one attached hydrogen (secondary N) is 1. The molecule has 0 aromatic carbocycles. The summed E-state index contributed by atoms with van der Waals surface area (Å²) in [7, 11) is 1.17. The van der Waals surface area contributed by atoms with Crippen LogP contribution in [0.3, 0.4) is 0 Å². The molecule has 0 amide bonds. The number of ether oxygens (including phenoxy) is 1. The fraction of sp³-hybridized carbons (Fsp3) is 0.333. The monoisotopic (exact) mass is 248 g/mol. The molecular formula is C9H10ClFN2O3. The van der Waals surface area contributed by atoms with Crippen LogP contribution in [-0.2, 0) is 9.53 Å². The van der Waals surface area contributed by atoms with Crippen LogP contribution in [0.1, 0.15) is 0 Å². The minimum Gasteiger partial charge on any atom is -0.467 e. The summed E-state index contributed by atoms with van der Waals surface area (Å²) in [6, 6.07) is -0.0176. The Kier molecular flexibility index (Phi) is 4.45. The van der Waals surface area contributed by atoms with E-state index >= 15 is 0 Å². The average molecular weight is 249 g/mol. The SMILES string of the molecule is COC(=O)C(CO)Nc1ncc(Cl)cc1F. The van der Waals surface area contributed by atoms with E-state index in [1.54, 1.807) is 0 Å². The quantitative estimate of drug-likeness (QED) is 0.772. The first-order chi connectivity index (χ1) is 7.58. The molecule has 1 atom stereocenters. The van der Waals surface area contributed by atoms with Gasteiger partial charge in [0.25, 0.3) is 0 Å². The second-order valence-electron chi connectivity index (χ2n) is 2.89. The Morgan fingerprint density at radius 1 is 1.81 bits per heavy atom. The van der Waals surface area contributed by atoms with Gasteiger partial charge in [0.05, 0.1) is 18.7 Å². The van der Waals surface area contributed by atoms with Crippen molar-refractivity contribution in [2.24, 2.45) is 0 Å². The van der Waals surface area contributed by atoms with Crippen LogP contribution in [0.5, 0.6) is 0 Å². The number of carbonyl (C=O) groups is 1. The molecule has 1 aromatic rings. The van der Waals surface area contributed by atoms with Crippen LogP contribution < -0.4 is 5.32 Å². The third-order valence-electron chi connectivity index (χ3n) is 1.79. The lowest BCUT2D eigenvalue weighted by Gasteiger charge is -2.14. The molecule has 5 nitrogen and oxygen atoms in total. The molecule has 0 fully saturated rings. The first-order valence-corrected chi connectivity index (χ1v) is 4.72. The number of halogens is 2. The van der Waals surface area contributed by atoms with E-state index < -0.39 is 24.4 Å². The van der Waals surface area contributed by atoms with E-state index in [4.69, 9.17) is 16.7 Å². The lowest BCUT2D eigenvalue weighted by molar-refractivity contribution is -0.142. The van der Waals surface area contributed by atoms with Crippen molar-refractivity contribution in [1.82, 2.24) is 4.98 Å². The number of aliphatic hydroxyl groups is 1. The zero-order valence-electron chi connectivity index (χ0n) is 8.41. The van der Waals surface area contributed by atoms with Crippen molar-refractivity contribution in [2.75, 3.05) is 19.0 Å². The van der Waals surface area contributed by atoms with Gasteiger partial charge in [0.1, 0.15) is 6.04 Å². The number of methoxy groups -OCH3 is 1. The van der Waals surface area contributed by atoms with Crippen molar-refractivity contribution in [1.29, 1.82) is 0 Å². The van der Waals surface area contributed by atoms with Gasteiger partial charge >= 0.3 is 5.97 Å². The number of hydrogen-bond donors (Lipinski definition) is 2. The lowest BCUT2D eigenvalue weighted by Crippen LogP contribution is -2.34. The van der Waals surface area contributed by atoms with E-state index in [0.29, 0.717) is 0 Å². The Balaban J connectivity index is 2.82. The zero-order chi connectivity index (χ0) is 12.1. The van der Waals surface area contributed by atoms with Gasteiger partial charge in [-0.2, -0.15) is 0 Å². The summed E-state index contributed by atoms with van der Waals surface area (Å²) in [5.41, 5.74) is 0. The molecule has 0 aliphatic heterocycles. The van der Waals surface area contributed by atoms with Gasteiger partial charge in [-0.25, -0.2) is 14.2 Å². The first kappa shape index (κ1) is 12.7. The number of hydrogen-bond acceptors (Lipinski definition) is 5. The topological polar surface area (TPSA) is 71.5 Å². The van der Waals surface area contributed by atoms with Gasteiger partial charge in [-0.15, -0.1) is 0 Å². The van der Waals surface area contributed by atoms with E-state index in [-0.39, 0.29) is 10.8 Å². The van der Waals surface area contributed by atoms with Crippen molar-refractivity contribution in [2.45, 2.75) is 6.04 Å². The van der Waals surface area contributed by atoms with Gasteiger partial charge in [-0.3, -0.25) is 0 Å². The summed E-state index contributed by atoms with van der Waals surface area (Å²) >= 11 is 5.51. The third kappa shape index (κ3) is 3.04. The first-order valence-electron chi connectivity index (χ1n) is 4.34. The second kappa shape index (κ2) is 5.62. The summed E-state index contributed by atoms with van der Waals surface area (Å²) in [6.45, 7) is -0.531. The summed E-state index contributed by atoms with van der Waals surface area (Å²) in [5, 5.41) is 11.4. The standard InChI is InChI=1S/C9H10ClFN2O3/c1-16-9(15)7(4-14)13-8-6(11)2-5(10)3-12-8/h2-3,7,14H,4H2,1H3,(H,12,13). The van der Waals surface area contributed by atoms with E-state index in [0.717, 1.165) is 6.07 Å². The number of rotatable bonds is 4. The molecule has 0 saturated heterocycles. The van der Waals surface area contributed by atoms with E-state index in [1.807, 2.05) is 0 Å². The van der Waals surface area contributed by atoms with Crippen LogP contribution in [0.2, 0.25) is 5.02 Å². The number of aliphatic hydroxyl groups excluding tert-OH is 1. The van der Waals surface area contributed by atoms with E-state index in [9.17, 15) is 9.18 Å². The summed E-state index contributed by atoms with van der Waals surface area (Å²) in [4.78, 5) is 14.7. The van der Waals surface area contributed by atoms with Crippen molar-refractivity contribution < 1.29 is 19.0 Å². The molecule has 0 spiro atoms. The third-order valence-corrected chi connectivity index (χ3v) is 1.99. The number of aromatic nitrogens is 1. The Bertz CT molecular complexity index is 389. The van der Waals surface area contributed by atoms with Crippen molar-refractivity contribution >= 4 is 23.4 Å². The Morgan fingerprint density at radius 2 is 2.50 bits per heavy atom. The van der Waals surface area contributed by atoms with E-state index in [2.05, 4.69) is 15.0 Å². The van der Waals surface area contributed by atoms with Crippen molar-refractivity contribution in [3.05, 3.63) is 23.1 Å². The summed E-state index contributed by atoms with van der Waals surface area (Å²) < 4.78 is 17.7. The Hall–Kier alpha value is -1.40. The predicted molar refractivity (Wildman–Crippen MR) is 55.7 cm³/mol. The van der Waals surface area contributed by atoms with Gasteiger partial charge in [0, 0.05) is 6.20 Å². The van der Waals surface area contributed by atoms with Gasteiger partial charge in [0.15, 0.2) is 11.6 Å². The molecule has 0 aliphatic rings. The second-order valence-corrected chi connectivity index (χ2v) is 3.32. The summed E-state index contributed by atoms with van der Waals surface area (Å²) in [6.07, 6.45) is 1.22. The van der Waals surface area contributed by atoms with Crippen LogP contribution in [0, 0.1) is 5.82 Å². The van der Waals surface area contributed by atoms with Gasteiger partial charge in [0.2, 0.25) is 0 Å². The minimum absolute atomic E-state index is 0.140. The molecular weight excluding hydrogens is 239 g/mol. The van der Waals surface area contributed by atoms with Crippen LogP contribution in [0.4, 0.5) is 10.2 Å². The maximum atomic E-state index is 13.3. The molecule has 2 N–H and O–H groups in total. The minimum atomic E-state index is -1.06.